The maximum absolute atomic E-state index is 12.6. The number of hydrogen-bond acceptors (Lipinski definition) is 9. The van der Waals surface area contributed by atoms with Crippen LogP contribution in [0.1, 0.15) is 75.4 Å². The van der Waals surface area contributed by atoms with Crippen LogP contribution in [0.5, 0.6) is 0 Å². The summed E-state index contributed by atoms with van der Waals surface area (Å²) in [5, 5.41) is 25.9. The summed E-state index contributed by atoms with van der Waals surface area (Å²) in [4.78, 5) is 71.1. The number of carbonyl (C=O) groups is 5. The molecule has 0 saturated carbocycles. The zero-order chi connectivity index (χ0) is 33.0. The summed E-state index contributed by atoms with van der Waals surface area (Å²) in [7, 11) is 0. The normalized spacial score (nSPS) is 13.6. The third kappa shape index (κ3) is 6.09. The van der Waals surface area contributed by atoms with Crippen LogP contribution in [0.2, 0.25) is 0 Å². The van der Waals surface area contributed by atoms with E-state index in [1.807, 2.05) is 31.2 Å². The number of fused-ring (bicyclic) bond motifs is 2. The Kier molecular flexibility index (Phi) is 9.26. The third-order valence-corrected chi connectivity index (χ3v) is 7.25. The number of imide groups is 2. The van der Waals surface area contributed by atoms with E-state index in [2.05, 4.69) is 9.78 Å². The Balaban J connectivity index is 0.000000181. The second-order valence-corrected chi connectivity index (χ2v) is 10.1. The van der Waals surface area contributed by atoms with E-state index in [1.165, 1.54) is 36.4 Å². The molecule has 0 unspecified atom stereocenters. The van der Waals surface area contributed by atoms with Crippen LogP contribution in [0.4, 0.5) is 11.4 Å². The minimum atomic E-state index is -1.09. The topological polar surface area (TPSA) is 171 Å². The zero-order valence-electron chi connectivity index (χ0n) is 24.2. The number of benzene rings is 4. The first-order valence-corrected chi connectivity index (χ1v) is 13.8. The van der Waals surface area contributed by atoms with Crippen LogP contribution in [0, 0.1) is 0 Å². The van der Waals surface area contributed by atoms with Gasteiger partial charge in [0.1, 0.15) is 13.2 Å². The molecule has 0 aromatic heterocycles. The molecular weight excluding hydrogens is 596 g/mol. The molecule has 12 heteroatoms. The summed E-state index contributed by atoms with van der Waals surface area (Å²) in [5.74, 6) is -2.80. The molecule has 4 amide bonds. The van der Waals surface area contributed by atoms with Crippen LogP contribution in [-0.4, -0.2) is 45.2 Å². The molecule has 46 heavy (non-hydrogen) atoms. The minimum absolute atomic E-state index is 0.0349. The summed E-state index contributed by atoms with van der Waals surface area (Å²) in [6.07, 6.45) is 3.86. The highest BCUT2D eigenvalue weighted by Crippen LogP contribution is 2.31. The molecule has 232 valence electrons. The van der Waals surface area contributed by atoms with Crippen LogP contribution < -0.4 is 9.80 Å². The van der Waals surface area contributed by atoms with Gasteiger partial charge in [-0.05, 0) is 84.3 Å². The lowest BCUT2D eigenvalue weighted by Crippen LogP contribution is -2.29. The maximum atomic E-state index is 12.6. The Morgan fingerprint density at radius 3 is 1.43 bits per heavy atom. The largest absolute Gasteiger partial charge is 0.478 e. The summed E-state index contributed by atoms with van der Waals surface area (Å²) in [6, 6.07) is 22.0. The summed E-state index contributed by atoms with van der Waals surface area (Å²) in [6.45, 7) is 1.79. The van der Waals surface area contributed by atoms with Gasteiger partial charge in [-0.25, -0.2) is 24.4 Å². The highest BCUT2D eigenvalue weighted by atomic mass is 17.1. The minimum Gasteiger partial charge on any atom is -0.478 e. The van der Waals surface area contributed by atoms with Gasteiger partial charge in [0.15, 0.2) is 0 Å². The molecule has 2 aliphatic heterocycles. The summed E-state index contributed by atoms with van der Waals surface area (Å²) >= 11 is 0. The van der Waals surface area contributed by atoms with Crippen LogP contribution in [-0.2, 0) is 23.0 Å². The van der Waals surface area contributed by atoms with Crippen LogP contribution in [0.25, 0.3) is 6.08 Å². The average Bonchev–Trinajstić information content (AvgIpc) is 3.45. The highest BCUT2D eigenvalue weighted by molar-refractivity contribution is 6.35. The molecule has 4 aromatic rings. The molecule has 2 aliphatic rings. The van der Waals surface area contributed by atoms with Crippen LogP contribution in [0.15, 0.2) is 91.0 Å². The van der Waals surface area contributed by atoms with E-state index < -0.39 is 17.8 Å². The molecule has 0 aliphatic carbocycles. The number of nitrogens with zero attached hydrogens (tertiary/aromatic N) is 2. The monoisotopic (exact) mass is 622 g/mol. The Labute approximate surface area is 261 Å². The Hall–Kier alpha value is -5.79. The summed E-state index contributed by atoms with van der Waals surface area (Å²) < 4.78 is 0. The van der Waals surface area contributed by atoms with Gasteiger partial charge in [0.25, 0.3) is 23.6 Å². The first-order chi connectivity index (χ1) is 22.2. The number of anilines is 2. The second kappa shape index (κ2) is 13.5. The van der Waals surface area contributed by atoms with Crippen molar-refractivity contribution in [3.63, 3.8) is 0 Å². The lowest BCUT2D eigenvalue weighted by atomic mass is 10.1. The van der Waals surface area contributed by atoms with Crippen molar-refractivity contribution in [2.45, 2.75) is 20.1 Å². The van der Waals surface area contributed by atoms with E-state index in [4.69, 9.17) is 15.6 Å². The van der Waals surface area contributed by atoms with Crippen molar-refractivity contribution < 1.29 is 49.4 Å². The Morgan fingerprint density at radius 1 is 0.630 bits per heavy atom. The molecule has 0 fully saturated rings. The van der Waals surface area contributed by atoms with Crippen molar-refractivity contribution in [3.05, 3.63) is 136 Å². The molecule has 6 rings (SSSR count). The predicted octanol–water partition coefficient (Wildman–Crippen LogP) is 5.68. The third-order valence-electron chi connectivity index (χ3n) is 7.25. The van der Waals surface area contributed by atoms with Crippen molar-refractivity contribution in [1.82, 2.24) is 0 Å². The molecule has 0 atom stereocenters. The maximum Gasteiger partial charge on any atom is 0.335 e. The van der Waals surface area contributed by atoms with Gasteiger partial charge in [-0.3, -0.25) is 29.7 Å². The Bertz CT molecular complexity index is 1880. The van der Waals surface area contributed by atoms with Crippen LogP contribution in [0.3, 0.4) is 0 Å². The van der Waals surface area contributed by atoms with Crippen molar-refractivity contribution in [2.24, 2.45) is 0 Å². The van der Waals surface area contributed by atoms with E-state index in [0.29, 0.717) is 33.6 Å². The predicted molar refractivity (Wildman–Crippen MR) is 165 cm³/mol. The first-order valence-electron chi connectivity index (χ1n) is 13.8. The number of rotatable bonds is 8. The molecule has 12 nitrogen and oxygen atoms in total. The number of carboxylic acids is 1. The fourth-order valence-electron chi connectivity index (χ4n) is 5.05. The molecule has 4 aromatic carbocycles. The lowest BCUT2D eigenvalue weighted by molar-refractivity contribution is -0.253. The second-order valence-electron chi connectivity index (χ2n) is 10.1. The molecular formula is C34H26N2O10. The van der Waals surface area contributed by atoms with Gasteiger partial charge in [0.2, 0.25) is 0 Å². The van der Waals surface area contributed by atoms with Gasteiger partial charge in [0.05, 0.1) is 39.2 Å². The number of carbonyl (C=O) groups excluding carboxylic acids is 4. The molecule has 0 spiro atoms. The molecule has 2 heterocycles. The van der Waals surface area contributed by atoms with Crippen molar-refractivity contribution >= 4 is 47.0 Å². The Morgan fingerprint density at radius 2 is 1.04 bits per heavy atom. The molecule has 3 N–H and O–H groups in total. The average molecular weight is 623 g/mol. The van der Waals surface area contributed by atoms with Crippen LogP contribution >= 0.6 is 0 Å². The molecule has 0 radical (unpaired) electrons. The zero-order valence-corrected chi connectivity index (χ0v) is 24.2. The number of aromatic carboxylic acids is 1. The van der Waals surface area contributed by atoms with Crippen molar-refractivity contribution in [2.75, 3.05) is 9.80 Å². The van der Waals surface area contributed by atoms with Gasteiger partial charge >= 0.3 is 5.97 Å². The van der Waals surface area contributed by atoms with Crippen molar-refractivity contribution in [1.29, 1.82) is 0 Å². The highest BCUT2D eigenvalue weighted by Gasteiger charge is 2.38. The molecule has 0 saturated heterocycles. The van der Waals surface area contributed by atoms with Gasteiger partial charge in [-0.15, -0.1) is 0 Å². The molecule has 0 bridgehead atoms. The van der Waals surface area contributed by atoms with E-state index in [0.717, 1.165) is 15.4 Å². The van der Waals surface area contributed by atoms with Gasteiger partial charge in [-0.1, -0.05) is 36.4 Å². The van der Waals surface area contributed by atoms with E-state index in [-0.39, 0.29) is 41.7 Å². The van der Waals surface area contributed by atoms with E-state index >= 15 is 0 Å². The number of hydrogen-bond donors (Lipinski definition) is 3. The number of amides is 4. The number of carboxylic acid groups (broad SMARTS) is 1. The standard InChI is InChI=1S/C18H15NO4.C16H11NO6/c1-2-3-12-4-7-14(8-5-12)19-17(20)15-9-6-13(11-23-22)10-16(15)18(19)21;18-14-12-6-1-9(8-23-22)7-13(12)15(19)17(14)11-4-2-10(3-5-11)16(20)21/h2-10,22H,11H2,1H3;1-7,22H,8H2,(H,20,21)/b3-2+;. The summed E-state index contributed by atoms with van der Waals surface area (Å²) in [5.41, 5.74) is 4.20. The lowest BCUT2D eigenvalue weighted by Gasteiger charge is -2.13. The number of allylic oxidation sites excluding steroid dienone is 1. The SMILES string of the molecule is C/C=C/c1ccc(N2C(=O)c3ccc(COO)cc3C2=O)cc1.O=C(O)c1ccc(N2C(=O)c3ccc(COO)cc3C2=O)cc1. The van der Waals surface area contributed by atoms with Gasteiger partial charge in [0, 0.05) is 0 Å². The first kappa shape index (κ1) is 31.6. The van der Waals surface area contributed by atoms with E-state index in [9.17, 15) is 24.0 Å². The van der Waals surface area contributed by atoms with Crippen molar-refractivity contribution in [3.8, 4) is 0 Å². The quantitative estimate of drug-likeness (QED) is 0.126. The van der Waals surface area contributed by atoms with Gasteiger partial charge in [-0.2, -0.15) is 0 Å². The fraction of sp³-hybridized carbons (Fsp3) is 0.0882. The fourth-order valence-corrected chi connectivity index (χ4v) is 5.05. The smallest absolute Gasteiger partial charge is 0.335 e. The van der Waals surface area contributed by atoms with E-state index in [1.54, 1.807) is 36.4 Å². The van der Waals surface area contributed by atoms with Gasteiger partial charge < -0.3 is 5.11 Å².